The molecule has 1 unspecified atom stereocenters. The molecule has 0 aromatic rings. The van der Waals surface area contributed by atoms with Crippen molar-refractivity contribution in [3.8, 4) is 0 Å². The SMILES string of the molecule is CC(O)CO.O=C(O)CCCCC(=O)O.O=C(O)CCCCC(=O)O. The molecule has 0 amide bonds. The predicted molar refractivity (Wildman–Crippen MR) is 86.2 cm³/mol. The van der Waals surface area contributed by atoms with Crippen molar-refractivity contribution in [1.82, 2.24) is 0 Å². The third kappa shape index (κ3) is 44.9. The monoisotopic (exact) mass is 368 g/mol. The average Bonchev–Trinajstić information content (AvgIpc) is 2.48. The van der Waals surface area contributed by atoms with Crippen molar-refractivity contribution in [1.29, 1.82) is 0 Å². The summed E-state index contributed by atoms with van der Waals surface area (Å²) >= 11 is 0. The Balaban J connectivity index is -0.000000308. The fourth-order valence-electron chi connectivity index (χ4n) is 1.10. The van der Waals surface area contributed by atoms with Gasteiger partial charge in [-0.05, 0) is 32.6 Å². The lowest BCUT2D eigenvalue weighted by Crippen LogP contribution is -2.03. The van der Waals surface area contributed by atoms with E-state index in [9.17, 15) is 19.2 Å². The zero-order valence-corrected chi connectivity index (χ0v) is 14.3. The molecule has 10 heteroatoms. The molecule has 148 valence electrons. The van der Waals surface area contributed by atoms with E-state index in [0.717, 1.165) is 0 Å². The summed E-state index contributed by atoms with van der Waals surface area (Å²) in [5.41, 5.74) is 0. The van der Waals surface area contributed by atoms with E-state index >= 15 is 0 Å². The van der Waals surface area contributed by atoms with Gasteiger partial charge in [0.25, 0.3) is 0 Å². The van der Waals surface area contributed by atoms with Crippen molar-refractivity contribution in [2.24, 2.45) is 0 Å². The van der Waals surface area contributed by atoms with Gasteiger partial charge in [-0.2, -0.15) is 0 Å². The summed E-state index contributed by atoms with van der Waals surface area (Å²) in [6, 6.07) is 0. The first kappa shape index (κ1) is 27.6. The maximum Gasteiger partial charge on any atom is 0.303 e. The van der Waals surface area contributed by atoms with E-state index in [1.54, 1.807) is 0 Å². The number of carboxylic acid groups (broad SMARTS) is 4. The molecule has 0 heterocycles. The number of hydrogen-bond acceptors (Lipinski definition) is 6. The normalized spacial score (nSPS) is 10.4. The summed E-state index contributed by atoms with van der Waals surface area (Å²) in [4.78, 5) is 39.6. The van der Waals surface area contributed by atoms with E-state index < -0.39 is 30.0 Å². The minimum Gasteiger partial charge on any atom is -0.481 e. The highest BCUT2D eigenvalue weighted by molar-refractivity contribution is 5.68. The van der Waals surface area contributed by atoms with Crippen molar-refractivity contribution in [3.63, 3.8) is 0 Å². The van der Waals surface area contributed by atoms with Gasteiger partial charge in [-0.1, -0.05) is 0 Å². The molecule has 1 atom stereocenters. The molecule has 0 saturated carbocycles. The summed E-state index contributed by atoms with van der Waals surface area (Å²) in [7, 11) is 0. The van der Waals surface area contributed by atoms with Gasteiger partial charge in [0.15, 0.2) is 0 Å². The highest BCUT2D eigenvalue weighted by Gasteiger charge is 1.99. The van der Waals surface area contributed by atoms with Gasteiger partial charge in [0, 0.05) is 25.7 Å². The first-order valence-corrected chi connectivity index (χ1v) is 7.69. The van der Waals surface area contributed by atoms with Crippen LogP contribution in [0.25, 0.3) is 0 Å². The van der Waals surface area contributed by atoms with E-state index in [4.69, 9.17) is 30.6 Å². The zero-order valence-electron chi connectivity index (χ0n) is 14.3. The standard InChI is InChI=1S/2C6H10O4.C3H8O2/c2*7-5(8)3-1-2-4-6(9)10;1-3(5)2-4/h2*1-4H2,(H,7,8)(H,9,10);3-5H,2H2,1H3. The summed E-state index contributed by atoms with van der Waals surface area (Å²) in [6.07, 6.45) is 1.48. The molecule has 0 aliphatic carbocycles. The van der Waals surface area contributed by atoms with Crippen LogP contribution in [0.4, 0.5) is 0 Å². The van der Waals surface area contributed by atoms with Gasteiger partial charge in [0.05, 0.1) is 12.7 Å². The zero-order chi connectivity index (χ0) is 20.3. The van der Waals surface area contributed by atoms with Gasteiger partial charge in [0.2, 0.25) is 0 Å². The quantitative estimate of drug-likeness (QED) is 0.284. The van der Waals surface area contributed by atoms with Gasteiger partial charge in [-0.15, -0.1) is 0 Å². The first-order chi connectivity index (χ1) is 11.5. The Morgan fingerprint density at radius 3 is 0.880 bits per heavy atom. The van der Waals surface area contributed by atoms with E-state index in [1.165, 1.54) is 6.92 Å². The maximum atomic E-state index is 9.90. The third-order valence-corrected chi connectivity index (χ3v) is 2.33. The van der Waals surface area contributed by atoms with Gasteiger partial charge in [-0.25, -0.2) is 0 Å². The minimum absolute atomic E-state index is 0.0628. The molecular formula is C15H28O10. The molecule has 0 aromatic carbocycles. The predicted octanol–water partition coefficient (Wildman–Crippen LogP) is 0.792. The lowest BCUT2D eigenvalue weighted by Gasteiger charge is -1.92. The number of carboxylic acids is 4. The van der Waals surface area contributed by atoms with Gasteiger partial charge >= 0.3 is 23.9 Å². The molecule has 0 bridgehead atoms. The van der Waals surface area contributed by atoms with Crippen molar-refractivity contribution in [2.45, 2.75) is 64.4 Å². The maximum absolute atomic E-state index is 9.90. The topological polar surface area (TPSA) is 190 Å². The Kier molecular flexibility index (Phi) is 21.9. The molecule has 10 nitrogen and oxygen atoms in total. The molecule has 0 aromatic heterocycles. The molecule has 25 heavy (non-hydrogen) atoms. The number of aliphatic hydroxyl groups is 2. The second-order valence-corrected chi connectivity index (χ2v) is 5.02. The van der Waals surface area contributed by atoms with Crippen molar-refractivity contribution in [2.75, 3.05) is 6.61 Å². The van der Waals surface area contributed by atoms with Crippen molar-refractivity contribution < 1.29 is 49.8 Å². The van der Waals surface area contributed by atoms with E-state index in [2.05, 4.69) is 0 Å². The van der Waals surface area contributed by atoms with E-state index in [0.29, 0.717) is 25.7 Å². The van der Waals surface area contributed by atoms with Crippen LogP contribution in [0.1, 0.15) is 58.3 Å². The molecule has 6 N–H and O–H groups in total. The van der Waals surface area contributed by atoms with Crippen molar-refractivity contribution in [3.05, 3.63) is 0 Å². The number of unbranched alkanes of at least 4 members (excludes halogenated alkanes) is 2. The Bertz CT molecular complexity index is 315. The first-order valence-electron chi connectivity index (χ1n) is 7.69. The Morgan fingerprint density at radius 2 is 0.800 bits per heavy atom. The lowest BCUT2D eigenvalue weighted by molar-refractivity contribution is -0.139. The van der Waals surface area contributed by atoms with Crippen LogP contribution in [0.5, 0.6) is 0 Å². The van der Waals surface area contributed by atoms with Crippen LogP contribution in [0.2, 0.25) is 0 Å². The fraction of sp³-hybridized carbons (Fsp3) is 0.733. The summed E-state index contributed by atoms with van der Waals surface area (Å²) in [5, 5.41) is 48.5. The molecule has 0 spiro atoms. The van der Waals surface area contributed by atoms with Gasteiger partial charge in [-0.3, -0.25) is 19.2 Å². The number of aliphatic carboxylic acids is 4. The smallest absolute Gasteiger partial charge is 0.303 e. The van der Waals surface area contributed by atoms with Gasteiger partial charge in [0.1, 0.15) is 0 Å². The lowest BCUT2D eigenvalue weighted by atomic mass is 10.2. The Hall–Kier alpha value is -2.20. The van der Waals surface area contributed by atoms with Crippen LogP contribution in [0, 0.1) is 0 Å². The highest BCUT2D eigenvalue weighted by Crippen LogP contribution is 1.99. The molecule has 0 fully saturated rings. The third-order valence-electron chi connectivity index (χ3n) is 2.33. The minimum atomic E-state index is -0.870. The summed E-state index contributed by atoms with van der Waals surface area (Å²) in [5.74, 6) is -3.48. The van der Waals surface area contributed by atoms with Crippen LogP contribution in [0.15, 0.2) is 0 Å². The second-order valence-electron chi connectivity index (χ2n) is 5.02. The van der Waals surface area contributed by atoms with E-state index in [-0.39, 0.29) is 32.3 Å². The molecule has 0 radical (unpaired) electrons. The Morgan fingerprint density at radius 1 is 0.640 bits per heavy atom. The van der Waals surface area contributed by atoms with Crippen LogP contribution in [-0.2, 0) is 19.2 Å². The molecular weight excluding hydrogens is 340 g/mol. The summed E-state index contributed by atoms with van der Waals surface area (Å²) < 4.78 is 0. The number of aliphatic hydroxyl groups excluding tert-OH is 2. The largest absolute Gasteiger partial charge is 0.481 e. The van der Waals surface area contributed by atoms with Crippen LogP contribution in [0.3, 0.4) is 0 Å². The van der Waals surface area contributed by atoms with Crippen LogP contribution < -0.4 is 0 Å². The number of rotatable bonds is 11. The van der Waals surface area contributed by atoms with Crippen LogP contribution >= 0.6 is 0 Å². The second kappa shape index (κ2) is 19.8. The Labute approximate surface area is 145 Å². The van der Waals surface area contributed by atoms with Crippen molar-refractivity contribution >= 4 is 23.9 Å². The molecule has 0 aliphatic rings. The number of hydrogen-bond donors (Lipinski definition) is 6. The van der Waals surface area contributed by atoms with Crippen LogP contribution in [-0.4, -0.2) is 67.2 Å². The van der Waals surface area contributed by atoms with E-state index in [1.807, 2.05) is 0 Å². The fourth-order valence-corrected chi connectivity index (χ4v) is 1.10. The number of carbonyl (C=O) groups is 4. The summed E-state index contributed by atoms with van der Waals surface area (Å²) in [6.45, 7) is 1.39. The molecule has 0 aliphatic heterocycles. The molecule has 0 saturated heterocycles. The van der Waals surface area contributed by atoms with Gasteiger partial charge < -0.3 is 30.6 Å². The molecule has 0 rings (SSSR count). The highest BCUT2D eigenvalue weighted by atomic mass is 16.4. The average molecular weight is 368 g/mol.